The Morgan fingerprint density at radius 1 is 1.24 bits per heavy atom. The highest BCUT2D eigenvalue weighted by atomic mass is 19.4. The number of alkyl halides is 3. The van der Waals surface area contributed by atoms with Crippen LogP contribution in [0.25, 0.3) is 0 Å². The van der Waals surface area contributed by atoms with Crippen molar-refractivity contribution < 1.29 is 13.2 Å². The first-order valence-electron chi connectivity index (χ1n) is 5.40. The smallest absolute Gasteiger partial charge is 0.318 e. The molecule has 1 unspecified atom stereocenters. The van der Waals surface area contributed by atoms with Crippen LogP contribution in [0, 0.1) is 0 Å². The zero-order chi connectivity index (χ0) is 12.9. The summed E-state index contributed by atoms with van der Waals surface area (Å²) < 4.78 is 37.1. The van der Waals surface area contributed by atoms with Gasteiger partial charge < -0.3 is 5.32 Å². The van der Waals surface area contributed by atoms with Gasteiger partial charge in [-0.2, -0.15) is 13.2 Å². The number of benzene rings is 1. The SMILES string of the molecule is CNCC(c1ccccc1)N(C)CC(F)(F)F. The van der Waals surface area contributed by atoms with Crippen molar-refractivity contribution in [1.82, 2.24) is 10.2 Å². The number of hydrogen-bond donors (Lipinski definition) is 1. The Kier molecular flexibility index (Phi) is 4.96. The topological polar surface area (TPSA) is 15.3 Å². The molecular formula is C12H17F3N2. The van der Waals surface area contributed by atoms with E-state index in [2.05, 4.69) is 5.32 Å². The van der Waals surface area contributed by atoms with E-state index < -0.39 is 12.7 Å². The summed E-state index contributed by atoms with van der Waals surface area (Å²) in [5.74, 6) is 0. The van der Waals surface area contributed by atoms with Crippen LogP contribution in [0.4, 0.5) is 13.2 Å². The molecule has 17 heavy (non-hydrogen) atoms. The predicted octanol–water partition coefficient (Wildman–Crippen LogP) is 2.44. The Hall–Kier alpha value is -1.07. The summed E-state index contributed by atoms with van der Waals surface area (Å²) in [5.41, 5.74) is 0.883. The quantitative estimate of drug-likeness (QED) is 0.858. The van der Waals surface area contributed by atoms with Crippen LogP contribution in [-0.4, -0.2) is 38.3 Å². The van der Waals surface area contributed by atoms with Crippen LogP contribution in [0.5, 0.6) is 0 Å². The third-order valence-corrected chi connectivity index (χ3v) is 2.54. The maximum atomic E-state index is 12.4. The zero-order valence-electron chi connectivity index (χ0n) is 9.96. The van der Waals surface area contributed by atoms with Crippen molar-refractivity contribution in [3.8, 4) is 0 Å². The molecule has 1 N–H and O–H groups in total. The van der Waals surface area contributed by atoms with Gasteiger partial charge in [0.25, 0.3) is 0 Å². The largest absolute Gasteiger partial charge is 0.401 e. The zero-order valence-corrected chi connectivity index (χ0v) is 9.96. The van der Waals surface area contributed by atoms with Crippen molar-refractivity contribution in [3.63, 3.8) is 0 Å². The van der Waals surface area contributed by atoms with Crippen molar-refractivity contribution >= 4 is 0 Å². The Morgan fingerprint density at radius 3 is 2.29 bits per heavy atom. The van der Waals surface area contributed by atoms with E-state index in [0.29, 0.717) is 6.54 Å². The summed E-state index contributed by atoms with van der Waals surface area (Å²) in [6, 6.07) is 8.93. The summed E-state index contributed by atoms with van der Waals surface area (Å²) in [7, 11) is 3.22. The number of halogens is 3. The molecule has 0 bridgehead atoms. The van der Waals surface area contributed by atoms with Crippen LogP contribution in [-0.2, 0) is 0 Å². The fraction of sp³-hybridized carbons (Fsp3) is 0.500. The standard InChI is InChI=1S/C12H17F3N2/c1-16-8-11(10-6-4-3-5-7-10)17(2)9-12(13,14)15/h3-7,11,16H,8-9H2,1-2H3. The van der Waals surface area contributed by atoms with E-state index >= 15 is 0 Å². The van der Waals surface area contributed by atoms with E-state index in [-0.39, 0.29) is 6.04 Å². The maximum Gasteiger partial charge on any atom is 0.401 e. The van der Waals surface area contributed by atoms with Crippen molar-refractivity contribution in [1.29, 1.82) is 0 Å². The lowest BCUT2D eigenvalue weighted by molar-refractivity contribution is -0.147. The number of hydrogen-bond acceptors (Lipinski definition) is 2. The molecule has 5 heteroatoms. The Labute approximate surface area is 99.4 Å². The fourth-order valence-corrected chi connectivity index (χ4v) is 1.79. The third-order valence-electron chi connectivity index (χ3n) is 2.54. The highest BCUT2D eigenvalue weighted by molar-refractivity contribution is 5.19. The summed E-state index contributed by atoms with van der Waals surface area (Å²) in [4.78, 5) is 1.31. The second-order valence-electron chi connectivity index (χ2n) is 4.01. The molecule has 0 saturated heterocycles. The monoisotopic (exact) mass is 246 g/mol. The molecule has 0 aliphatic heterocycles. The molecule has 0 radical (unpaired) electrons. The second kappa shape index (κ2) is 6.02. The predicted molar refractivity (Wildman–Crippen MR) is 61.8 cm³/mol. The van der Waals surface area contributed by atoms with E-state index in [0.717, 1.165) is 5.56 Å². The molecule has 0 aliphatic rings. The molecule has 0 fully saturated rings. The average molecular weight is 246 g/mol. The van der Waals surface area contributed by atoms with Gasteiger partial charge in [0.1, 0.15) is 0 Å². The minimum Gasteiger partial charge on any atom is -0.318 e. The van der Waals surface area contributed by atoms with Crippen LogP contribution in [0.15, 0.2) is 30.3 Å². The van der Waals surface area contributed by atoms with Gasteiger partial charge in [0, 0.05) is 12.6 Å². The van der Waals surface area contributed by atoms with Crippen LogP contribution in [0.2, 0.25) is 0 Å². The van der Waals surface area contributed by atoms with Crippen LogP contribution in [0.1, 0.15) is 11.6 Å². The maximum absolute atomic E-state index is 12.4. The minimum atomic E-state index is -4.17. The van der Waals surface area contributed by atoms with Crippen molar-refractivity contribution in [2.45, 2.75) is 12.2 Å². The highest BCUT2D eigenvalue weighted by Crippen LogP contribution is 2.23. The van der Waals surface area contributed by atoms with Gasteiger partial charge in [-0.15, -0.1) is 0 Å². The van der Waals surface area contributed by atoms with Gasteiger partial charge >= 0.3 is 6.18 Å². The first-order chi connectivity index (χ1) is 7.94. The lowest BCUT2D eigenvalue weighted by Gasteiger charge is -2.29. The van der Waals surface area contributed by atoms with Crippen LogP contribution >= 0.6 is 0 Å². The Bertz CT molecular complexity index is 324. The Balaban J connectivity index is 2.79. The molecule has 1 aromatic carbocycles. The lowest BCUT2D eigenvalue weighted by Crippen LogP contribution is -2.38. The van der Waals surface area contributed by atoms with E-state index in [1.54, 1.807) is 7.05 Å². The van der Waals surface area contributed by atoms with Gasteiger partial charge in [0.15, 0.2) is 0 Å². The van der Waals surface area contributed by atoms with Crippen molar-refractivity contribution in [2.75, 3.05) is 27.2 Å². The molecule has 1 rings (SSSR count). The summed E-state index contributed by atoms with van der Waals surface area (Å²) in [6.45, 7) is -0.426. The molecule has 0 aromatic heterocycles. The van der Waals surface area contributed by atoms with Gasteiger partial charge in [-0.05, 0) is 19.7 Å². The third kappa shape index (κ3) is 4.75. The molecule has 0 amide bonds. The molecule has 1 atom stereocenters. The first kappa shape index (κ1) is 14.0. The molecule has 0 spiro atoms. The van der Waals surface area contributed by atoms with Gasteiger partial charge in [0.05, 0.1) is 6.54 Å². The van der Waals surface area contributed by atoms with Crippen LogP contribution < -0.4 is 5.32 Å². The van der Waals surface area contributed by atoms with E-state index in [9.17, 15) is 13.2 Å². The van der Waals surface area contributed by atoms with E-state index in [1.165, 1.54) is 11.9 Å². The normalized spacial score (nSPS) is 14.0. The molecular weight excluding hydrogens is 229 g/mol. The second-order valence-corrected chi connectivity index (χ2v) is 4.01. The molecule has 2 nitrogen and oxygen atoms in total. The van der Waals surface area contributed by atoms with Crippen molar-refractivity contribution in [2.24, 2.45) is 0 Å². The Morgan fingerprint density at radius 2 is 1.82 bits per heavy atom. The number of nitrogens with zero attached hydrogens (tertiary/aromatic N) is 1. The van der Waals surface area contributed by atoms with E-state index in [4.69, 9.17) is 0 Å². The van der Waals surface area contributed by atoms with Gasteiger partial charge in [-0.3, -0.25) is 4.90 Å². The molecule has 0 aliphatic carbocycles. The van der Waals surface area contributed by atoms with Gasteiger partial charge in [-0.1, -0.05) is 30.3 Å². The number of rotatable bonds is 5. The molecule has 0 saturated carbocycles. The lowest BCUT2D eigenvalue weighted by atomic mass is 10.1. The molecule has 0 heterocycles. The van der Waals surface area contributed by atoms with Gasteiger partial charge in [0.2, 0.25) is 0 Å². The summed E-state index contributed by atoms with van der Waals surface area (Å²) >= 11 is 0. The van der Waals surface area contributed by atoms with Gasteiger partial charge in [-0.25, -0.2) is 0 Å². The minimum absolute atomic E-state index is 0.275. The first-order valence-corrected chi connectivity index (χ1v) is 5.40. The van der Waals surface area contributed by atoms with Crippen LogP contribution in [0.3, 0.4) is 0 Å². The van der Waals surface area contributed by atoms with E-state index in [1.807, 2.05) is 30.3 Å². The molecule has 96 valence electrons. The number of likely N-dealkylation sites (N-methyl/N-ethyl adjacent to an activating group) is 2. The van der Waals surface area contributed by atoms with Crippen molar-refractivity contribution in [3.05, 3.63) is 35.9 Å². The molecule has 1 aromatic rings. The fourth-order valence-electron chi connectivity index (χ4n) is 1.79. The number of nitrogens with one attached hydrogen (secondary N) is 1. The summed E-state index contributed by atoms with van der Waals surface area (Å²) in [5, 5.41) is 2.92. The average Bonchev–Trinajstić information content (AvgIpc) is 2.24. The summed E-state index contributed by atoms with van der Waals surface area (Å²) in [6.07, 6.45) is -4.17. The highest BCUT2D eigenvalue weighted by Gasteiger charge is 2.32.